The Kier molecular flexibility index (Phi) is 3.96. The number of furan rings is 1. The third-order valence-corrected chi connectivity index (χ3v) is 4.12. The van der Waals surface area contributed by atoms with Crippen LogP contribution in [0.2, 0.25) is 0 Å². The quantitative estimate of drug-likeness (QED) is 0.895. The Labute approximate surface area is 125 Å². The lowest BCUT2D eigenvalue weighted by Gasteiger charge is -2.22. The summed E-state index contributed by atoms with van der Waals surface area (Å²) in [5, 5.41) is 13.0. The average molecular weight is 280 g/mol. The molecule has 0 aliphatic heterocycles. The predicted octanol–water partition coefficient (Wildman–Crippen LogP) is 4.52. The smallest absolute Gasteiger partial charge is 0.134 e. The van der Waals surface area contributed by atoms with Gasteiger partial charge in [-0.3, -0.25) is 0 Å². The summed E-state index contributed by atoms with van der Waals surface area (Å²) in [4.78, 5) is 0. The van der Waals surface area contributed by atoms with Gasteiger partial charge in [0.15, 0.2) is 0 Å². The van der Waals surface area contributed by atoms with Crippen molar-refractivity contribution in [3.63, 3.8) is 0 Å². The van der Waals surface area contributed by atoms with Crippen LogP contribution in [0.25, 0.3) is 11.3 Å². The van der Waals surface area contributed by atoms with Crippen LogP contribution in [-0.4, -0.2) is 6.54 Å². The number of nitrogens with zero attached hydrogens (tertiary/aromatic N) is 1. The fourth-order valence-electron chi connectivity index (χ4n) is 3.12. The van der Waals surface area contributed by atoms with E-state index in [0.717, 1.165) is 54.8 Å². The van der Waals surface area contributed by atoms with Crippen molar-refractivity contribution in [2.75, 3.05) is 11.9 Å². The maximum Gasteiger partial charge on any atom is 0.134 e. The first-order valence-corrected chi connectivity index (χ1v) is 7.71. The molecule has 2 aromatic rings. The van der Waals surface area contributed by atoms with Gasteiger partial charge in [0, 0.05) is 12.1 Å². The van der Waals surface area contributed by atoms with E-state index in [2.05, 4.69) is 24.4 Å². The molecule has 1 aromatic heterocycles. The van der Waals surface area contributed by atoms with Crippen molar-refractivity contribution in [2.45, 2.75) is 39.0 Å². The van der Waals surface area contributed by atoms with Crippen molar-refractivity contribution in [1.29, 1.82) is 5.26 Å². The lowest BCUT2D eigenvalue weighted by Crippen LogP contribution is -2.11. The molecular weight excluding hydrogens is 260 g/mol. The van der Waals surface area contributed by atoms with Crippen LogP contribution in [0, 0.1) is 11.3 Å². The van der Waals surface area contributed by atoms with Crippen molar-refractivity contribution < 1.29 is 4.42 Å². The normalized spacial score (nSPS) is 13.5. The standard InChI is InChI=1S/C18H20N2O/c1-2-9-20-17-11-15(18-8-5-10-21-18)13-6-3-4-7-14(13)16(17)12-19/h5,8,10-11,20H,2-4,6-7,9H2,1H3. The van der Waals surface area contributed by atoms with Gasteiger partial charge in [0.25, 0.3) is 0 Å². The van der Waals surface area contributed by atoms with Gasteiger partial charge in [-0.25, -0.2) is 0 Å². The fraction of sp³-hybridized carbons (Fsp3) is 0.389. The molecule has 1 aliphatic carbocycles. The molecule has 3 nitrogen and oxygen atoms in total. The first kappa shape index (κ1) is 13.8. The number of anilines is 1. The van der Waals surface area contributed by atoms with Crippen molar-refractivity contribution in [3.05, 3.63) is 41.2 Å². The minimum absolute atomic E-state index is 0.827. The van der Waals surface area contributed by atoms with Crippen LogP contribution < -0.4 is 5.32 Å². The molecule has 1 aliphatic rings. The van der Waals surface area contributed by atoms with E-state index in [9.17, 15) is 5.26 Å². The molecule has 3 heteroatoms. The predicted molar refractivity (Wildman–Crippen MR) is 84.3 cm³/mol. The summed E-state index contributed by atoms with van der Waals surface area (Å²) in [7, 11) is 0. The summed E-state index contributed by atoms with van der Waals surface area (Å²) in [6, 6.07) is 8.42. The van der Waals surface area contributed by atoms with Gasteiger partial charge in [0.2, 0.25) is 0 Å². The molecule has 0 bridgehead atoms. The van der Waals surface area contributed by atoms with Crippen molar-refractivity contribution in [2.24, 2.45) is 0 Å². The van der Waals surface area contributed by atoms with E-state index in [0.29, 0.717) is 0 Å². The molecule has 0 spiro atoms. The largest absolute Gasteiger partial charge is 0.464 e. The van der Waals surface area contributed by atoms with E-state index >= 15 is 0 Å². The van der Waals surface area contributed by atoms with Crippen LogP contribution in [-0.2, 0) is 12.8 Å². The Bertz CT molecular complexity index is 666. The van der Waals surface area contributed by atoms with Crippen LogP contribution in [0.15, 0.2) is 28.9 Å². The van der Waals surface area contributed by atoms with Crippen LogP contribution in [0.4, 0.5) is 5.69 Å². The second-order valence-electron chi connectivity index (χ2n) is 5.53. The van der Waals surface area contributed by atoms with Gasteiger partial charge in [0.05, 0.1) is 17.5 Å². The first-order valence-electron chi connectivity index (χ1n) is 7.71. The summed E-state index contributed by atoms with van der Waals surface area (Å²) < 4.78 is 5.61. The van der Waals surface area contributed by atoms with E-state index in [1.165, 1.54) is 17.5 Å². The second-order valence-corrected chi connectivity index (χ2v) is 5.53. The van der Waals surface area contributed by atoms with Gasteiger partial charge in [-0.05, 0) is 61.4 Å². The highest BCUT2D eigenvalue weighted by Gasteiger charge is 2.22. The molecule has 21 heavy (non-hydrogen) atoms. The Morgan fingerprint density at radius 3 is 2.76 bits per heavy atom. The molecule has 108 valence electrons. The van der Waals surface area contributed by atoms with Gasteiger partial charge in [-0.2, -0.15) is 5.26 Å². The molecule has 0 atom stereocenters. The van der Waals surface area contributed by atoms with Crippen molar-refractivity contribution in [3.8, 4) is 17.4 Å². The van der Waals surface area contributed by atoms with Crippen molar-refractivity contribution >= 4 is 5.69 Å². The number of benzene rings is 1. The fourth-order valence-corrected chi connectivity index (χ4v) is 3.12. The number of nitrogens with one attached hydrogen (secondary N) is 1. The summed E-state index contributed by atoms with van der Waals surface area (Å²) in [5.41, 5.74) is 5.44. The van der Waals surface area contributed by atoms with Gasteiger partial charge in [-0.1, -0.05) is 6.92 Å². The molecule has 1 N–H and O–H groups in total. The highest BCUT2D eigenvalue weighted by Crippen LogP contribution is 2.37. The Morgan fingerprint density at radius 2 is 2.10 bits per heavy atom. The summed E-state index contributed by atoms with van der Waals surface area (Å²) in [6.07, 6.45) is 7.13. The van der Waals surface area contributed by atoms with E-state index < -0.39 is 0 Å². The van der Waals surface area contributed by atoms with Crippen LogP contribution in [0.1, 0.15) is 42.9 Å². The van der Waals surface area contributed by atoms with Gasteiger partial charge < -0.3 is 9.73 Å². The summed E-state index contributed by atoms with van der Waals surface area (Å²) in [6.45, 7) is 3.01. The maximum atomic E-state index is 9.58. The Hall–Kier alpha value is -2.21. The molecule has 0 amide bonds. The number of nitriles is 1. The number of fused-ring (bicyclic) bond motifs is 1. The topological polar surface area (TPSA) is 49.0 Å². The second kappa shape index (κ2) is 6.05. The molecule has 1 aromatic carbocycles. The zero-order valence-corrected chi connectivity index (χ0v) is 12.4. The number of hydrogen-bond acceptors (Lipinski definition) is 3. The van der Waals surface area contributed by atoms with Gasteiger partial charge >= 0.3 is 0 Å². The lowest BCUT2D eigenvalue weighted by atomic mass is 9.84. The molecule has 0 saturated heterocycles. The van der Waals surface area contributed by atoms with Gasteiger partial charge in [-0.15, -0.1) is 0 Å². The van der Waals surface area contributed by atoms with E-state index in [1.54, 1.807) is 6.26 Å². The number of hydrogen-bond donors (Lipinski definition) is 1. The Balaban J connectivity index is 2.18. The molecule has 0 fully saturated rings. The number of rotatable bonds is 4. The SMILES string of the molecule is CCCNc1cc(-c2ccco2)c2c(c1C#N)CCCC2. The highest BCUT2D eigenvalue weighted by atomic mass is 16.3. The van der Waals surface area contributed by atoms with E-state index in [-0.39, 0.29) is 0 Å². The van der Waals surface area contributed by atoms with Crippen LogP contribution in [0.5, 0.6) is 0 Å². The highest BCUT2D eigenvalue weighted by molar-refractivity contribution is 5.76. The zero-order valence-electron chi connectivity index (χ0n) is 12.4. The third kappa shape index (κ3) is 2.54. The monoisotopic (exact) mass is 280 g/mol. The average Bonchev–Trinajstić information content (AvgIpc) is 3.06. The lowest BCUT2D eigenvalue weighted by molar-refractivity contribution is 0.580. The third-order valence-electron chi connectivity index (χ3n) is 4.12. The van der Waals surface area contributed by atoms with E-state index in [4.69, 9.17) is 4.42 Å². The molecule has 3 rings (SSSR count). The van der Waals surface area contributed by atoms with Crippen LogP contribution >= 0.6 is 0 Å². The van der Waals surface area contributed by atoms with Crippen LogP contribution in [0.3, 0.4) is 0 Å². The maximum absolute atomic E-state index is 9.58. The first-order chi connectivity index (χ1) is 10.3. The molecule has 1 heterocycles. The summed E-state index contributed by atoms with van der Waals surface area (Å²) in [5.74, 6) is 0.900. The summed E-state index contributed by atoms with van der Waals surface area (Å²) >= 11 is 0. The molecule has 0 unspecified atom stereocenters. The van der Waals surface area contributed by atoms with Crippen molar-refractivity contribution in [1.82, 2.24) is 0 Å². The minimum atomic E-state index is 0.827. The molecular formula is C18H20N2O. The zero-order chi connectivity index (χ0) is 14.7. The molecule has 0 saturated carbocycles. The molecule has 0 radical (unpaired) electrons. The van der Waals surface area contributed by atoms with E-state index in [1.807, 2.05) is 12.1 Å². The Morgan fingerprint density at radius 1 is 1.29 bits per heavy atom. The van der Waals surface area contributed by atoms with Gasteiger partial charge in [0.1, 0.15) is 11.8 Å². The minimum Gasteiger partial charge on any atom is -0.464 e.